The number of carbonyl (C=O) groups is 1. The van der Waals surface area contributed by atoms with Crippen molar-refractivity contribution in [1.82, 2.24) is 0 Å². The molecule has 0 aromatic heterocycles. The minimum absolute atomic E-state index is 0.0976. The van der Waals surface area contributed by atoms with Gasteiger partial charge in [0.05, 0.1) is 11.5 Å². The molecular formula is C15H16N2O4S. The van der Waals surface area contributed by atoms with Crippen LogP contribution in [0.3, 0.4) is 0 Å². The fourth-order valence-electron chi connectivity index (χ4n) is 1.95. The van der Waals surface area contributed by atoms with Gasteiger partial charge in [-0.1, -0.05) is 42.5 Å². The molecule has 1 atom stereocenters. The maximum absolute atomic E-state index is 11.6. The van der Waals surface area contributed by atoms with Crippen LogP contribution in [0.1, 0.15) is 17.2 Å². The van der Waals surface area contributed by atoms with Crippen LogP contribution in [0, 0.1) is 0 Å². The standard InChI is InChI=1S/C15H16N2O4S/c16-15(18)14(21-10-11-5-2-1-3-6-11)12-7-4-8-13(9-12)22(17,19)20/h1-9,14H,10H2,(H2,16,18)(H2,17,19,20). The van der Waals surface area contributed by atoms with E-state index < -0.39 is 22.0 Å². The second kappa shape index (κ2) is 6.69. The second-order valence-electron chi connectivity index (χ2n) is 4.70. The lowest BCUT2D eigenvalue weighted by Crippen LogP contribution is -2.24. The van der Waals surface area contributed by atoms with Crippen molar-refractivity contribution < 1.29 is 17.9 Å². The first-order chi connectivity index (χ1) is 10.4. The van der Waals surface area contributed by atoms with Gasteiger partial charge in [0.2, 0.25) is 10.0 Å². The van der Waals surface area contributed by atoms with E-state index in [9.17, 15) is 13.2 Å². The summed E-state index contributed by atoms with van der Waals surface area (Å²) in [5.41, 5.74) is 6.56. The van der Waals surface area contributed by atoms with Crippen molar-refractivity contribution in [1.29, 1.82) is 0 Å². The van der Waals surface area contributed by atoms with E-state index >= 15 is 0 Å². The average Bonchev–Trinajstić information content (AvgIpc) is 2.48. The molecule has 22 heavy (non-hydrogen) atoms. The molecule has 0 fully saturated rings. The zero-order chi connectivity index (χ0) is 16.2. The summed E-state index contributed by atoms with van der Waals surface area (Å²) in [6.07, 6.45) is -1.05. The van der Waals surface area contributed by atoms with Crippen molar-refractivity contribution >= 4 is 15.9 Å². The number of hydrogen-bond donors (Lipinski definition) is 2. The van der Waals surface area contributed by atoms with Gasteiger partial charge in [0, 0.05) is 0 Å². The van der Waals surface area contributed by atoms with Gasteiger partial charge < -0.3 is 10.5 Å². The lowest BCUT2D eigenvalue weighted by atomic mass is 10.1. The van der Waals surface area contributed by atoms with Crippen LogP contribution in [-0.4, -0.2) is 14.3 Å². The van der Waals surface area contributed by atoms with E-state index in [1.54, 1.807) is 6.07 Å². The van der Waals surface area contributed by atoms with Crippen molar-refractivity contribution in [2.75, 3.05) is 0 Å². The molecule has 7 heteroatoms. The predicted molar refractivity (Wildman–Crippen MR) is 81.0 cm³/mol. The highest BCUT2D eigenvalue weighted by Crippen LogP contribution is 2.21. The normalized spacial score (nSPS) is 12.8. The number of rotatable bonds is 6. The summed E-state index contributed by atoms with van der Waals surface area (Å²) < 4.78 is 28.3. The van der Waals surface area contributed by atoms with Gasteiger partial charge in [-0.15, -0.1) is 0 Å². The molecule has 2 aromatic carbocycles. The molecule has 0 aliphatic carbocycles. The Morgan fingerprint density at radius 1 is 1.09 bits per heavy atom. The molecule has 0 radical (unpaired) electrons. The molecule has 4 N–H and O–H groups in total. The molecule has 0 aliphatic heterocycles. The number of benzene rings is 2. The van der Waals surface area contributed by atoms with E-state index in [0.29, 0.717) is 5.56 Å². The Bertz CT molecular complexity index is 760. The topological polar surface area (TPSA) is 112 Å². The van der Waals surface area contributed by atoms with E-state index in [1.165, 1.54) is 18.2 Å². The van der Waals surface area contributed by atoms with Crippen molar-refractivity contribution in [3.8, 4) is 0 Å². The van der Waals surface area contributed by atoms with E-state index in [-0.39, 0.29) is 11.5 Å². The van der Waals surface area contributed by atoms with E-state index in [0.717, 1.165) is 5.56 Å². The lowest BCUT2D eigenvalue weighted by molar-refractivity contribution is -0.130. The molecule has 2 rings (SSSR count). The molecule has 0 bridgehead atoms. The zero-order valence-corrected chi connectivity index (χ0v) is 12.5. The average molecular weight is 320 g/mol. The third-order valence-electron chi connectivity index (χ3n) is 3.01. The highest BCUT2D eigenvalue weighted by molar-refractivity contribution is 7.89. The number of primary sulfonamides is 1. The second-order valence-corrected chi connectivity index (χ2v) is 6.26. The van der Waals surface area contributed by atoms with Gasteiger partial charge >= 0.3 is 0 Å². The SMILES string of the molecule is NC(=O)C(OCc1ccccc1)c1cccc(S(N)(=O)=O)c1. The summed E-state index contributed by atoms with van der Waals surface area (Å²) in [5.74, 6) is -0.706. The molecule has 0 saturated carbocycles. The fraction of sp³-hybridized carbons (Fsp3) is 0.133. The van der Waals surface area contributed by atoms with Crippen LogP contribution in [0.15, 0.2) is 59.5 Å². The van der Waals surface area contributed by atoms with Crippen molar-refractivity contribution in [2.24, 2.45) is 10.9 Å². The Balaban J connectivity index is 2.23. The van der Waals surface area contributed by atoms with Crippen molar-refractivity contribution in [2.45, 2.75) is 17.6 Å². The molecular weight excluding hydrogens is 304 g/mol. The van der Waals surface area contributed by atoms with Crippen molar-refractivity contribution in [3.63, 3.8) is 0 Å². The number of nitrogens with two attached hydrogens (primary N) is 2. The number of sulfonamides is 1. The number of amides is 1. The number of carbonyl (C=O) groups excluding carboxylic acids is 1. The minimum Gasteiger partial charge on any atom is -0.367 e. The van der Waals surface area contributed by atoms with E-state index in [4.69, 9.17) is 15.6 Å². The minimum atomic E-state index is -3.86. The van der Waals surface area contributed by atoms with Gasteiger partial charge in [0.25, 0.3) is 5.91 Å². The largest absolute Gasteiger partial charge is 0.367 e. The third kappa shape index (κ3) is 4.14. The van der Waals surface area contributed by atoms with Crippen LogP contribution >= 0.6 is 0 Å². The first kappa shape index (κ1) is 16.2. The molecule has 116 valence electrons. The van der Waals surface area contributed by atoms with Gasteiger partial charge in [0.15, 0.2) is 6.10 Å². The van der Waals surface area contributed by atoms with Gasteiger partial charge in [0.1, 0.15) is 0 Å². The van der Waals surface area contributed by atoms with Crippen LogP contribution in [0.25, 0.3) is 0 Å². The Hall–Kier alpha value is -2.22. The van der Waals surface area contributed by atoms with Crippen molar-refractivity contribution in [3.05, 3.63) is 65.7 Å². The smallest absolute Gasteiger partial charge is 0.251 e. The monoisotopic (exact) mass is 320 g/mol. The maximum atomic E-state index is 11.6. The molecule has 0 saturated heterocycles. The van der Waals surface area contributed by atoms with Gasteiger partial charge in [-0.3, -0.25) is 4.79 Å². The van der Waals surface area contributed by atoms with Crippen LogP contribution in [0.2, 0.25) is 0 Å². The fourth-order valence-corrected chi connectivity index (χ4v) is 2.52. The first-order valence-electron chi connectivity index (χ1n) is 6.45. The van der Waals surface area contributed by atoms with Crippen LogP contribution in [0.4, 0.5) is 0 Å². The molecule has 0 aliphatic rings. The Morgan fingerprint density at radius 3 is 2.36 bits per heavy atom. The predicted octanol–water partition coefficient (Wildman–Crippen LogP) is 1.08. The van der Waals surface area contributed by atoms with E-state index in [2.05, 4.69) is 0 Å². The highest BCUT2D eigenvalue weighted by atomic mass is 32.2. The Kier molecular flexibility index (Phi) is 4.92. The Morgan fingerprint density at radius 2 is 1.77 bits per heavy atom. The lowest BCUT2D eigenvalue weighted by Gasteiger charge is -2.15. The summed E-state index contributed by atoms with van der Waals surface area (Å²) in [6, 6.07) is 14.9. The molecule has 0 heterocycles. The van der Waals surface area contributed by atoms with Gasteiger partial charge in [-0.2, -0.15) is 0 Å². The van der Waals surface area contributed by atoms with Crippen LogP contribution < -0.4 is 10.9 Å². The summed E-state index contributed by atoms with van der Waals surface area (Å²) in [7, 11) is -3.86. The number of hydrogen-bond acceptors (Lipinski definition) is 4. The molecule has 1 amide bonds. The summed E-state index contributed by atoms with van der Waals surface area (Å²) in [6.45, 7) is 0.175. The molecule has 1 unspecified atom stereocenters. The molecule has 2 aromatic rings. The van der Waals surface area contributed by atoms with Gasteiger partial charge in [-0.25, -0.2) is 13.6 Å². The quantitative estimate of drug-likeness (QED) is 0.829. The van der Waals surface area contributed by atoms with Crippen LogP contribution in [-0.2, 0) is 26.2 Å². The highest BCUT2D eigenvalue weighted by Gasteiger charge is 2.20. The first-order valence-corrected chi connectivity index (χ1v) is 8.00. The van der Waals surface area contributed by atoms with Crippen LogP contribution in [0.5, 0.6) is 0 Å². The summed E-state index contributed by atoms with van der Waals surface area (Å²) in [4.78, 5) is 11.5. The summed E-state index contributed by atoms with van der Waals surface area (Å²) >= 11 is 0. The number of ether oxygens (including phenoxy) is 1. The summed E-state index contributed by atoms with van der Waals surface area (Å²) in [5, 5.41) is 5.08. The third-order valence-corrected chi connectivity index (χ3v) is 3.92. The molecule has 0 spiro atoms. The Labute approximate surface area is 128 Å². The maximum Gasteiger partial charge on any atom is 0.251 e. The zero-order valence-electron chi connectivity index (χ0n) is 11.7. The number of primary amides is 1. The van der Waals surface area contributed by atoms with E-state index in [1.807, 2.05) is 30.3 Å². The van der Waals surface area contributed by atoms with Gasteiger partial charge in [-0.05, 0) is 23.3 Å². The molecule has 6 nitrogen and oxygen atoms in total.